The van der Waals surface area contributed by atoms with Gasteiger partial charge in [-0.3, -0.25) is 9.69 Å². The van der Waals surface area contributed by atoms with Crippen LogP contribution in [0.5, 0.6) is 0 Å². The van der Waals surface area contributed by atoms with Gasteiger partial charge in [-0.15, -0.1) is 0 Å². The summed E-state index contributed by atoms with van der Waals surface area (Å²) in [6.45, 7) is 2.73. The van der Waals surface area contributed by atoms with Gasteiger partial charge in [0, 0.05) is 32.1 Å². The fourth-order valence-electron chi connectivity index (χ4n) is 3.82. The monoisotopic (exact) mass is 329 g/mol. The molecule has 0 unspecified atom stereocenters. The summed E-state index contributed by atoms with van der Waals surface area (Å²) in [6.07, 6.45) is 5.62. The highest BCUT2D eigenvalue weighted by molar-refractivity contribution is 5.79. The van der Waals surface area contributed by atoms with E-state index in [0.29, 0.717) is 32.1 Å². The zero-order chi connectivity index (χ0) is 16.9. The summed E-state index contributed by atoms with van der Waals surface area (Å²) in [5, 5.41) is 9.51. The lowest BCUT2D eigenvalue weighted by Crippen LogP contribution is -2.51. The zero-order valence-electron chi connectivity index (χ0n) is 14.0. The first-order valence-electron chi connectivity index (χ1n) is 8.87. The number of hydrogen-bond donors (Lipinski definition) is 0. The lowest BCUT2D eigenvalue weighted by atomic mass is 9.88. The van der Waals surface area contributed by atoms with Crippen molar-refractivity contribution in [1.29, 1.82) is 5.26 Å². The summed E-state index contributed by atoms with van der Waals surface area (Å²) < 4.78 is 13.1. The molecule has 4 nitrogen and oxygen atoms in total. The quantitative estimate of drug-likeness (QED) is 0.856. The van der Waals surface area contributed by atoms with Gasteiger partial charge in [-0.25, -0.2) is 4.39 Å². The van der Waals surface area contributed by atoms with Gasteiger partial charge in [0.25, 0.3) is 0 Å². The number of nitriles is 1. The van der Waals surface area contributed by atoms with Crippen LogP contribution < -0.4 is 0 Å². The highest BCUT2D eigenvalue weighted by Gasteiger charge is 2.30. The van der Waals surface area contributed by atoms with Crippen molar-refractivity contribution in [3.63, 3.8) is 0 Å². The molecule has 0 bridgehead atoms. The molecule has 2 fully saturated rings. The number of carbonyl (C=O) groups excluding carboxylic acids is 1. The minimum atomic E-state index is -0.377. The van der Waals surface area contributed by atoms with Crippen molar-refractivity contribution < 1.29 is 9.18 Å². The van der Waals surface area contributed by atoms with E-state index in [0.717, 1.165) is 31.2 Å². The average Bonchev–Trinajstić information content (AvgIpc) is 2.64. The molecule has 3 rings (SSSR count). The van der Waals surface area contributed by atoms with Crippen molar-refractivity contribution in [1.82, 2.24) is 9.80 Å². The Morgan fingerprint density at radius 2 is 1.71 bits per heavy atom. The van der Waals surface area contributed by atoms with Crippen molar-refractivity contribution >= 4 is 5.91 Å². The highest BCUT2D eigenvalue weighted by atomic mass is 19.1. The summed E-state index contributed by atoms with van der Waals surface area (Å²) in [5.41, 5.74) is 0.811. The van der Waals surface area contributed by atoms with Gasteiger partial charge in [-0.2, -0.15) is 5.26 Å². The Balaban J connectivity index is 1.58. The van der Waals surface area contributed by atoms with Crippen molar-refractivity contribution in [2.45, 2.75) is 38.1 Å². The van der Waals surface area contributed by atoms with Crippen LogP contribution in [-0.4, -0.2) is 41.9 Å². The molecule has 1 saturated heterocycles. The first-order chi connectivity index (χ1) is 11.7. The smallest absolute Gasteiger partial charge is 0.225 e. The predicted molar refractivity (Wildman–Crippen MR) is 89.5 cm³/mol. The molecule has 1 saturated carbocycles. The number of nitrogens with zero attached hydrogens (tertiary/aromatic N) is 3. The van der Waals surface area contributed by atoms with Crippen LogP contribution >= 0.6 is 0 Å². The molecule has 1 heterocycles. The SMILES string of the molecule is N#C[C@@H](c1ccc(F)cc1)N1CCN(C(=O)C2CCCCC2)CC1. The molecule has 1 amide bonds. The molecule has 5 heteroatoms. The molecule has 1 atom stereocenters. The third-order valence-electron chi connectivity index (χ3n) is 5.25. The number of hydrogen-bond acceptors (Lipinski definition) is 3. The van der Waals surface area contributed by atoms with Gasteiger partial charge in [0.1, 0.15) is 11.9 Å². The van der Waals surface area contributed by atoms with Gasteiger partial charge in [0.05, 0.1) is 6.07 Å². The minimum absolute atomic E-state index is 0.203. The highest BCUT2D eigenvalue weighted by Crippen LogP contribution is 2.27. The van der Waals surface area contributed by atoms with Gasteiger partial charge < -0.3 is 4.90 Å². The van der Waals surface area contributed by atoms with Gasteiger partial charge in [-0.05, 0) is 30.5 Å². The molecule has 1 aliphatic carbocycles. The van der Waals surface area contributed by atoms with Crippen LogP contribution in [0.1, 0.15) is 43.7 Å². The second-order valence-corrected chi connectivity index (χ2v) is 6.78. The standard InChI is InChI=1S/C19H24FN3O/c20-17-8-6-15(7-9-17)18(14-21)22-10-12-23(13-11-22)19(24)16-4-2-1-3-5-16/h6-9,16,18H,1-5,10-13H2/t18-/m0/s1. The van der Waals surface area contributed by atoms with Crippen LogP contribution in [-0.2, 0) is 4.79 Å². The van der Waals surface area contributed by atoms with Crippen LogP contribution in [0, 0.1) is 23.1 Å². The third-order valence-corrected chi connectivity index (χ3v) is 5.25. The number of halogens is 1. The van der Waals surface area contributed by atoms with Crippen molar-refractivity contribution in [2.24, 2.45) is 5.92 Å². The lowest BCUT2D eigenvalue weighted by molar-refractivity contribution is -0.138. The maximum Gasteiger partial charge on any atom is 0.225 e. The van der Waals surface area contributed by atoms with Gasteiger partial charge in [0.15, 0.2) is 0 Å². The Kier molecular flexibility index (Phi) is 5.47. The maximum absolute atomic E-state index is 13.1. The van der Waals surface area contributed by atoms with Crippen LogP contribution in [0.3, 0.4) is 0 Å². The largest absolute Gasteiger partial charge is 0.340 e. The number of amides is 1. The minimum Gasteiger partial charge on any atom is -0.340 e. The number of piperazine rings is 1. The average molecular weight is 329 g/mol. The predicted octanol–water partition coefficient (Wildman–Crippen LogP) is 3.11. The third kappa shape index (κ3) is 3.76. The fourth-order valence-corrected chi connectivity index (χ4v) is 3.82. The Morgan fingerprint density at radius 3 is 2.29 bits per heavy atom. The van der Waals surface area contributed by atoms with Crippen molar-refractivity contribution in [2.75, 3.05) is 26.2 Å². The van der Waals surface area contributed by atoms with E-state index in [1.54, 1.807) is 12.1 Å². The number of rotatable bonds is 3. The van der Waals surface area contributed by atoms with Gasteiger partial charge in [-0.1, -0.05) is 31.4 Å². The Labute approximate surface area is 142 Å². The van der Waals surface area contributed by atoms with Crippen molar-refractivity contribution in [3.8, 4) is 6.07 Å². The maximum atomic E-state index is 13.1. The summed E-state index contributed by atoms with van der Waals surface area (Å²) >= 11 is 0. The lowest BCUT2D eigenvalue weighted by Gasteiger charge is -2.38. The molecule has 1 aliphatic heterocycles. The molecule has 24 heavy (non-hydrogen) atoms. The Morgan fingerprint density at radius 1 is 1.08 bits per heavy atom. The zero-order valence-corrected chi connectivity index (χ0v) is 14.0. The molecule has 2 aliphatic rings. The molecular formula is C19H24FN3O. The van der Waals surface area contributed by atoms with Crippen LogP contribution in [0.2, 0.25) is 0 Å². The molecular weight excluding hydrogens is 305 g/mol. The first-order valence-corrected chi connectivity index (χ1v) is 8.87. The molecule has 1 aromatic rings. The molecule has 1 aromatic carbocycles. The van der Waals surface area contributed by atoms with Gasteiger partial charge in [0.2, 0.25) is 5.91 Å². The molecule has 0 radical (unpaired) electrons. The molecule has 0 spiro atoms. The summed E-state index contributed by atoms with van der Waals surface area (Å²) in [6, 6.07) is 8.06. The van der Waals surface area contributed by atoms with Crippen LogP contribution in [0.15, 0.2) is 24.3 Å². The molecule has 0 aromatic heterocycles. The Bertz CT molecular complexity index is 596. The first kappa shape index (κ1) is 16.9. The number of benzene rings is 1. The fraction of sp³-hybridized carbons (Fsp3) is 0.579. The van der Waals surface area contributed by atoms with E-state index in [2.05, 4.69) is 11.0 Å². The van der Waals surface area contributed by atoms with E-state index in [4.69, 9.17) is 0 Å². The summed E-state index contributed by atoms with van der Waals surface area (Å²) in [7, 11) is 0. The van der Waals surface area contributed by atoms with E-state index < -0.39 is 0 Å². The van der Waals surface area contributed by atoms with E-state index in [1.807, 2.05) is 4.90 Å². The van der Waals surface area contributed by atoms with Gasteiger partial charge >= 0.3 is 0 Å². The van der Waals surface area contributed by atoms with Crippen LogP contribution in [0.25, 0.3) is 0 Å². The van der Waals surface area contributed by atoms with E-state index in [1.165, 1.54) is 18.6 Å². The normalized spacial score (nSPS) is 21.2. The second-order valence-electron chi connectivity index (χ2n) is 6.78. The van der Waals surface area contributed by atoms with Crippen LogP contribution in [0.4, 0.5) is 4.39 Å². The Hall–Kier alpha value is -1.93. The van der Waals surface area contributed by atoms with Crippen molar-refractivity contribution in [3.05, 3.63) is 35.6 Å². The number of carbonyl (C=O) groups is 1. The molecule has 0 N–H and O–H groups in total. The summed E-state index contributed by atoms with van der Waals surface area (Å²) in [4.78, 5) is 16.7. The summed E-state index contributed by atoms with van der Waals surface area (Å²) in [5.74, 6) is 0.206. The topological polar surface area (TPSA) is 47.3 Å². The van der Waals surface area contributed by atoms with E-state index in [9.17, 15) is 14.4 Å². The van der Waals surface area contributed by atoms with E-state index in [-0.39, 0.29) is 17.8 Å². The molecule has 128 valence electrons. The van der Waals surface area contributed by atoms with E-state index >= 15 is 0 Å². The second kappa shape index (κ2) is 7.76.